The number of nitrogens with one attached hydrogen (secondary N) is 2. The molecule has 0 aromatic rings. The summed E-state index contributed by atoms with van der Waals surface area (Å²) in [5, 5.41) is 6.62. The average molecular weight is 255 g/mol. The van der Waals surface area contributed by atoms with Gasteiger partial charge >= 0.3 is 18.0 Å². The first-order valence-corrected chi connectivity index (χ1v) is 3.72. The molecule has 0 unspecified atom stereocenters. The fourth-order valence-electron chi connectivity index (χ4n) is 0.649. The van der Waals surface area contributed by atoms with Gasteiger partial charge in [0.25, 0.3) is 0 Å². The first-order chi connectivity index (χ1) is 6.89. The minimum absolute atomic E-state index is 0.0552. The van der Waals surface area contributed by atoms with Gasteiger partial charge in [-0.1, -0.05) is 0 Å². The molecule has 0 atom stereocenters. The van der Waals surface area contributed by atoms with Crippen molar-refractivity contribution in [2.75, 3.05) is 14.1 Å². The van der Waals surface area contributed by atoms with Crippen molar-refractivity contribution in [3.8, 4) is 0 Å². The lowest BCUT2D eigenvalue weighted by Crippen LogP contribution is -2.60. The maximum absolute atomic E-state index is 12.8. The molecule has 0 amide bonds. The normalized spacial score (nSPS) is 13.8. The molecule has 2 N–H and O–H groups in total. The van der Waals surface area contributed by atoms with Gasteiger partial charge in [0.1, 0.15) is 0 Å². The van der Waals surface area contributed by atoms with E-state index in [4.69, 9.17) is 5.41 Å². The predicted octanol–water partition coefficient (Wildman–Crippen LogP) is 1.86. The minimum atomic E-state index is -6.43. The molecule has 0 aromatic carbocycles. The molecule has 0 spiro atoms. The maximum atomic E-state index is 12.8. The highest BCUT2D eigenvalue weighted by Gasteiger charge is 2.75. The van der Waals surface area contributed by atoms with Gasteiger partial charge in [0.15, 0.2) is 5.84 Å². The summed E-state index contributed by atoms with van der Waals surface area (Å²) in [5.41, 5.74) is 1.82. The Bertz CT molecular complexity index is 272. The second-order valence-electron chi connectivity index (χ2n) is 2.78. The molecular weight excluding hydrogens is 247 g/mol. The van der Waals surface area contributed by atoms with Crippen molar-refractivity contribution in [1.82, 2.24) is 10.4 Å². The van der Waals surface area contributed by atoms with Crippen molar-refractivity contribution in [2.24, 2.45) is 0 Å². The molecule has 0 heterocycles. The average Bonchev–Trinajstić information content (AvgIpc) is 2.13. The van der Waals surface area contributed by atoms with Crippen LogP contribution in [0.5, 0.6) is 0 Å². The van der Waals surface area contributed by atoms with Crippen molar-refractivity contribution >= 4 is 5.84 Å². The molecule has 3 nitrogen and oxygen atoms in total. The van der Waals surface area contributed by atoms with E-state index in [1.807, 2.05) is 5.43 Å². The van der Waals surface area contributed by atoms with Gasteiger partial charge in [-0.3, -0.25) is 10.4 Å². The van der Waals surface area contributed by atoms with Gasteiger partial charge in [-0.05, 0) is 0 Å². The summed E-state index contributed by atoms with van der Waals surface area (Å²) in [5.74, 6) is -14.1. The first-order valence-electron chi connectivity index (χ1n) is 3.72. The fraction of sp³-hybridized carbons (Fsp3) is 0.833. The zero-order valence-electron chi connectivity index (χ0n) is 8.09. The lowest BCUT2D eigenvalue weighted by molar-refractivity contribution is -0.338. The van der Waals surface area contributed by atoms with Gasteiger partial charge in [0.2, 0.25) is 0 Å². The molecule has 0 saturated carbocycles. The van der Waals surface area contributed by atoms with Crippen LogP contribution in [0.25, 0.3) is 0 Å². The van der Waals surface area contributed by atoms with Crippen LogP contribution in [0.15, 0.2) is 0 Å². The Morgan fingerprint density at radius 2 is 1.44 bits per heavy atom. The molecule has 0 aliphatic rings. The largest absolute Gasteiger partial charge is 0.460 e. The Hall–Kier alpha value is -1.06. The van der Waals surface area contributed by atoms with E-state index in [2.05, 4.69) is 0 Å². The molecule has 0 aromatic heterocycles. The van der Waals surface area contributed by atoms with Crippen LogP contribution in [-0.2, 0) is 0 Å². The summed E-state index contributed by atoms with van der Waals surface area (Å²) in [7, 11) is 1.69. The quantitative estimate of drug-likeness (QED) is 0.349. The van der Waals surface area contributed by atoms with Crippen LogP contribution in [0, 0.1) is 5.41 Å². The van der Waals surface area contributed by atoms with Crippen LogP contribution < -0.4 is 5.43 Å². The van der Waals surface area contributed by atoms with Gasteiger partial charge in [0.05, 0.1) is 0 Å². The number of hydrogen-bond donors (Lipinski definition) is 2. The highest BCUT2D eigenvalue weighted by atomic mass is 19.4. The Balaban J connectivity index is 5.28. The molecule has 16 heavy (non-hydrogen) atoms. The topological polar surface area (TPSA) is 39.1 Å². The zero-order chi connectivity index (χ0) is 13.4. The van der Waals surface area contributed by atoms with Crippen molar-refractivity contribution in [2.45, 2.75) is 18.0 Å². The van der Waals surface area contributed by atoms with Crippen LogP contribution in [0.3, 0.4) is 0 Å². The molecule has 0 fully saturated rings. The van der Waals surface area contributed by atoms with E-state index in [1.165, 1.54) is 0 Å². The number of hydrogen-bond acceptors (Lipinski definition) is 2. The van der Waals surface area contributed by atoms with Crippen LogP contribution in [0.1, 0.15) is 0 Å². The molecule has 0 radical (unpaired) electrons. The van der Waals surface area contributed by atoms with Crippen LogP contribution >= 0.6 is 0 Å². The van der Waals surface area contributed by atoms with E-state index in [1.54, 1.807) is 0 Å². The number of amidine groups is 1. The highest BCUT2D eigenvalue weighted by Crippen LogP contribution is 2.47. The zero-order valence-corrected chi connectivity index (χ0v) is 8.09. The summed E-state index contributed by atoms with van der Waals surface area (Å²) in [6, 6.07) is 0. The number of rotatable bonds is 3. The Kier molecular flexibility index (Phi) is 3.80. The van der Waals surface area contributed by atoms with Gasteiger partial charge in [0, 0.05) is 14.1 Å². The van der Waals surface area contributed by atoms with E-state index in [9.17, 15) is 30.7 Å². The number of halogens is 7. The lowest BCUT2D eigenvalue weighted by atomic mass is 10.1. The second-order valence-corrected chi connectivity index (χ2v) is 2.78. The molecule has 96 valence electrons. The van der Waals surface area contributed by atoms with Crippen molar-refractivity contribution in [1.29, 1.82) is 5.41 Å². The molecule has 0 aliphatic carbocycles. The summed E-state index contributed by atoms with van der Waals surface area (Å²) in [6.07, 6.45) is -6.43. The summed E-state index contributed by atoms with van der Waals surface area (Å²) in [6.45, 7) is 0. The summed E-state index contributed by atoms with van der Waals surface area (Å²) < 4.78 is 85.3. The number of hydrazine groups is 1. The number of alkyl halides is 7. The van der Waals surface area contributed by atoms with E-state index in [0.717, 1.165) is 7.05 Å². The Labute approximate surface area is 85.7 Å². The molecule has 10 heteroatoms. The minimum Gasteiger partial charge on any atom is -0.294 e. The highest BCUT2D eigenvalue weighted by molar-refractivity contribution is 5.86. The smallest absolute Gasteiger partial charge is 0.294 e. The Morgan fingerprint density at radius 3 is 1.69 bits per heavy atom. The monoisotopic (exact) mass is 255 g/mol. The molecule has 0 rings (SSSR count). The second kappa shape index (κ2) is 4.07. The van der Waals surface area contributed by atoms with E-state index in [0.29, 0.717) is 7.05 Å². The van der Waals surface area contributed by atoms with E-state index in [-0.39, 0.29) is 5.01 Å². The summed E-state index contributed by atoms with van der Waals surface area (Å²) in [4.78, 5) is 0. The molecule has 0 saturated heterocycles. The number of nitrogens with zero attached hydrogens (tertiary/aromatic N) is 1. The standard InChI is InChI=1S/C6H8F7N3/c1-15-16(2)3(14)4(7,8)5(9,10)6(11,12)13/h14-15H,1-2H3. The first kappa shape index (κ1) is 14.9. The van der Waals surface area contributed by atoms with E-state index >= 15 is 0 Å². The third kappa shape index (κ3) is 2.20. The van der Waals surface area contributed by atoms with Crippen molar-refractivity contribution in [3.63, 3.8) is 0 Å². The molecule has 0 aliphatic heterocycles. The van der Waals surface area contributed by atoms with Gasteiger partial charge in [-0.2, -0.15) is 30.7 Å². The lowest BCUT2D eigenvalue weighted by Gasteiger charge is -2.31. The predicted molar refractivity (Wildman–Crippen MR) is 40.5 cm³/mol. The van der Waals surface area contributed by atoms with Crippen molar-refractivity contribution < 1.29 is 30.7 Å². The van der Waals surface area contributed by atoms with Gasteiger partial charge in [-0.25, -0.2) is 5.43 Å². The SMILES string of the molecule is CNN(C)C(=N)C(F)(F)C(F)(F)C(F)(F)F. The third-order valence-electron chi connectivity index (χ3n) is 1.72. The summed E-state index contributed by atoms with van der Waals surface area (Å²) >= 11 is 0. The fourth-order valence-corrected chi connectivity index (χ4v) is 0.649. The van der Waals surface area contributed by atoms with Crippen molar-refractivity contribution in [3.05, 3.63) is 0 Å². The molecule has 0 bridgehead atoms. The van der Waals surface area contributed by atoms with Gasteiger partial charge < -0.3 is 0 Å². The van der Waals surface area contributed by atoms with Crippen LogP contribution in [0.4, 0.5) is 30.7 Å². The van der Waals surface area contributed by atoms with Crippen LogP contribution in [0.2, 0.25) is 0 Å². The van der Waals surface area contributed by atoms with E-state index < -0.39 is 23.9 Å². The molecular formula is C6H8F7N3. The Morgan fingerprint density at radius 1 is 1.06 bits per heavy atom. The van der Waals surface area contributed by atoms with Gasteiger partial charge in [-0.15, -0.1) is 0 Å². The third-order valence-corrected chi connectivity index (χ3v) is 1.72. The maximum Gasteiger partial charge on any atom is 0.460 e. The van der Waals surface area contributed by atoms with Crippen LogP contribution in [-0.4, -0.2) is 43.0 Å².